The summed E-state index contributed by atoms with van der Waals surface area (Å²) in [6.07, 6.45) is 1.57. The molecule has 88 valence electrons. The standard InChI is InChI=1S/C13H14BrN3/c1-3-17(11-7-5-4-6-10(11)2)13-8-12(14)15-9-16-13/h4-9H,3H2,1-2H3. The molecule has 17 heavy (non-hydrogen) atoms. The summed E-state index contributed by atoms with van der Waals surface area (Å²) in [7, 11) is 0. The third kappa shape index (κ3) is 2.64. The Morgan fingerprint density at radius 2 is 2.00 bits per heavy atom. The molecular formula is C13H14BrN3. The van der Waals surface area contributed by atoms with Gasteiger partial charge in [-0.1, -0.05) is 18.2 Å². The zero-order chi connectivity index (χ0) is 12.3. The van der Waals surface area contributed by atoms with Crippen LogP contribution in [-0.4, -0.2) is 16.5 Å². The van der Waals surface area contributed by atoms with Gasteiger partial charge in [-0.15, -0.1) is 0 Å². The molecule has 2 aromatic rings. The lowest BCUT2D eigenvalue weighted by Crippen LogP contribution is -2.18. The van der Waals surface area contributed by atoms with Crippen LogP contribution in [0.3, 0.4) is 0 Å². The first-order chi connectivity index (χ1) is 8.22. The molecule has 1 aromatic heterocycles. The fraction of sp³-hybridized carbons (Fsp3) is 0.231. The summed E-state index contributed by atoms with van der Waals surface area (Å²) in [5.41, 5.74) is 2.42. The Balaban J connectivity index is 2.44. The Morgan fingerprint density at radius 1 is 1.24 bits per heavy atom. The fourth-order valence-corrected chi connectivity index (χ4v) is 2.09. The Morgan fingerprint density at radius 3 is 2.65 bits per heavy atom. The molecule has 0 saturated carbocycles. The molecule has 0 aliphatic rings. The monoisotopic (exact) mass is 291 g/mol. The second-order valence-electron chi connectivity index (χ2n) is 3.73. The van der Waals surface area contributed by atoms with Crippen LogP contribution in [0.5, 0.6) is 0 Å². The molecule has 0 fully saturated rings. The predicted molar refractivity (Wildman–Crippen MR) is 73.6 cm³/mol. The molecule has 0 N–H and O–H groups in total. The second-order valence-corrected chi connectivity index (χ2v) is 4.54. The molecule has 0 spiro atoms. The van der Waals surface area contributed by atoms with E-state index in [1.54, 1.807) is 6.33 Å². The number of anilines is 2. The number of hydrogen-bond acceptors (Lipinski definition) is 3. The summed E-state index contributed by atoms with van der Waals surface area (Å²) in [4.78, 5) is 10.5. The van der Waals surface area contributed by atoms with Crippen molar-refractivity contribution in [1.82, 2.24) is 9.97 Å². The zero-order valence-electron chi connectivity index (χ0n) is 9.89. The topological polar surface area (TPSA) is 29.0 Å². The first-order valence-electron chi connectivity index (χ1n) is 5.53. The van der Waals surface area contributed by atoms with Gasteiger partial charge in [0.1, 0.15) is 16.7 Å². The lowest BCUT2D eigenvalue weighted by atomic mass is 10.2. The van der Waals surface area contributed by atoms with Gasteiger partial charge in [-0.2, -0.15) is 0 Å². The normalized spacial score (nSPS) is 10.3. The van der Waals surface area contributed by atoms with Gasteiger partial charge in [0.25, 0.3) is 0 Å². The SMILES string of the molecule is CCN(c1cc(Br)ncn1)c1ccccc1C. The summed E-state index contributed by atoms with van der Waals surface area (Å²) < 4.78 is 0.800. The Kier molecular flexibility index (Phi) is 3.74. The smallest absolute Gasteiger partial charge is 0.137 e. The van der Waals surface area contributed by atoms with E-state index >= 15 is 0 Å². The molecule has 1 heterocycles. The zero-order valence-corrected chi connectivity index (χ0v) is 11.5. The van der Waals surface area contributed by atoms with Gasteiger partial charge in [0.05, 0.1) is 0 Å². The van der Waals surface area contributed by atoms with Gasteiger partial charge in [0.15, 0.2) is 0 Å². The van der Waals surface area contributed by atoms with Gasteiger partial charge in [-0.25, -0.2) is 9.97 Å². The second kappa shape index (κ2) is 5.27. The maximum absolute atomic E-state index is 4.31. The van der Waals surface area contributed by atoms with Crippen LogP contribution in [0.2, 0.25) is 0 Å². The maximum Gasteiger partial charge on any atom is 0.137 e. The number of aryl methyl sites for hydroxylation is 1. The van der Waals surface area contributed by atoms with Crippen molar-refractivity contribution in [2.24, 2.45) is 0 Å². The minimum atomic E-state index is 0.800. The average Bonchev–Trinajstić information content (AvgIpc) is 2.33. The summed E-state index contributed by atoms with van der Waals surface area (Å²) in [6.45, 7) is 5.09. The van der Waals surface area contributed by atoms with Gasteiger partial charge in [0.2, 0.25) is 0 Å². The molecule has 0 radical (unpaired) electrons. The molecule has 3 nitrogen and oxygen atoms in total. The maximum atomic E-state index is 4.31. The van der Waals surface area contributed by atoms with E-state index in [1.807, 2.05) is 18.2 Å². The third-order valence-corrected chi connectivity index (χ3v) is 3.05. The van der Waals surface area contributed by atoms with Crippen LogP contribution in [-0.2, 0) is 0 Å². The molecule has 2 rings (SSSR count). The fourth-order valence-electron chi connectivity index (χ4n) is 1.79. The number of halogens is 1. The summed E-state index contributed by atoms with van der Waals surface area (Å²) in [5, 5.41) is 0. The largest absolute Gasteiger partial charge is 0.326 e. The number of nitrogens with zero attached hydrogens (tertiary/aromatic N) is 3. The molecule has 0 atom stereocenters. The Labute approximate surface area is 110 Å². The third-order valence-electron chi connectivity index (χ3n) is 2.62. The molecule has 0 saturated heterocycles. The molecule has 0 amide bonds. The number of hydrogen-bond donors (Lipinski definition) is 0. The molecule has 0 aliphatic carbocycles. The van der Waals surface area contributed by atoms with E-state index in [2.05, 4.69) is 56.8 Å². The van der Waals surface area contributed by atoms with Crippen LogP contribution in [0.25, 0.3) is 0 Å². The van der Waals surface area contributed by atoms with E-state index in [0.717, 1.165) is 17.0 Å². The number of aromatic nitrogens is 2. The number of benzene rings is 1. The van der Waals surface area contributed by atoms with E-state index in [-0.39, 0.29) is 0 Å². The summed E-state index contributed by atoms with van der Waals surface area (Å²) >= 11 is 3.37. The van der Waals surface area contributed by atoms with Crippen LogP contribution in [0.1, 0.15) is 12.5 Å². The highest BCUT2D eigenvalue weighted by atomic mass is 79.9. The van der Waals surface area contributed by atoms with Gasteiger partial charge in [-0.05, 0) is 41.4 Å². The van der Waals surface area contributed by atoms with Crippen LogP contribution < -0.4 is 4.90 Å². The van der Waals surface area contributed by atoms with Crippen LogP contribution in [0, 0.1) is 6.92 Å². The number of rotatable bonds is 3. The van der Waals surface area contributed by atoms with Gasteiger partial charge in [-0.3, -0.25) is 0 Å². The molecule has 4 heteroatoms. The molecule has 1 aromatic carbocycles. The van der Waals surface area contributed by atoms with Crippen LogP contribution in [0.4, 0.5) is 11.5 Å². The average molecular weight is 292 g/mol. The lowest BCUT2D eigenvalue weighted by molar-refractivity contribution is 0.965. The lowest BCUT2D eigenvalue weighted by Gasteiger charge is -2.23. The minimum absolute atomic E-state index is 0.800. The van der Waals surface area contributed by atoms with Crippen molar-refractivity contribution in [2.75, 3.05) is 11.4 Å². The Hall–Kier alpha value is -1.42. The van der Waals surface area contributed by atoms with E-state index in [4.69, 9.17) is 0 Å². The van der Waals surface area contributed by atoms with Crippen molar-refractivity contribution in [3.8, 4) is 0 Å². The van der Waals surface area contributed by atoms with E-state index in [9.17, 15) is 0 Å². The highest BCUT2D eigenvalue weighted by Gasteiger charge is 2.10. The van der Waals surface area contributed by atoms with E-state index in [1.165, 1.54) is 11.3 Å². The molecular weight excluding hydrogens is 278 g/mol. The van der Waals surface area contributed by atoms with Crippen molar-refractivity contribution in [3.63, 3.8) is 0 Å². The van der Waals surface area contributed by atoms with Crippen molar-refractivity contribution in [3.05, 3.63) is 46.8 Å². The van der Waals surface area contributed by atoms with E-state index < -0.39 is 0 Å². The minimum Gasteiger partial charge on any atom is -0.326 e. The van der Waals surface area contributed by atoms with Gasteiger partial charge in [0, 0.05) is 18.3 Å². The molecule has 0 unspecified atom stereocenters. The predicted octanol–water partition coefficient (Wildman–Crippen LogP) is 3.71. The van der Waals surface area contributed by atoms with Crippen molar-refractivity contribution < 1.29 is 0 Å². The quantitative estimate of drug-likeness (QED) is 0.808. The summed E-state index contributed by atoms with van der Waals surface area (Å²) in [5.74, 6) is 0.906. The molecule has 0 bridgehead atoms. The van der Waals surface area contributed by atoms with Crippen molar-refractivity contribution in [2.45, 2.75) is 13.8 Å². The highest BCUT2D eigenvalue weighted by molar-refractivity contribution is 9.10. The first-order valence-corrected chi connectivity index (χ1v) is 6.32. The highest BCUT2D eigenvalue weighted by Crippen LogP contribution is 2.27. The summed E-state index contributed by atoms with van der Waals surface area (Å²) in [6, 6.07) is 10.2. The molecule has 0 aliphatic heterocycles. The first kappa shape index (κ1) is 12.0. The van der Waals surface area contributed by atoms with Crippen LogP contribution in [0.15, 0.2) is 41.3 Å². The van der Waals surface area contributed by atoms with Gasteiger partial charge >= 0.3 is 0 Å². The van der Waals surface area contributed by atoms with E-state index in [0.29, 0.717) is 0 Å². The van der Waals surface area contributed by atoms with Crippen molar-refractivity contribution >= 4 is 27.4 Å². The Bertz CT molecular complexity index is 514. The van der Waals surface area contributed by atoms with Crippen LogP contribution >= 0.6 is 15.9 Å². The number of para-hydroxylation sites is 1. The van der Waals surface area contributed by atoms with Crippen molar-refractivity contribution in [1.29, 1.82) is 0 Å². The van der Waals surface area contributed by atoms with Gasteiger partial charge < -0.3 is 4.90 Å².